The molecule has 0 radical (unpaired) electrons. The van der Waals surface area contributed by atoms with E-state index in [1.54, 1.807) is 0 Å². The summed E-state index contributed by atoms with van der Waals surface area (Å²) in [6, 6.07) is 7.39. The molecular formula is C23H19ClF3N3O6. The second-order valence-corrected chi connectivity index (χ2v) is 9.22. The quantitative estimate of drug-likeness (QED) is 0.534. The number of nitrogens with one attached hydrogen (secondary N) is 3. The van der Waals surface area contributed by atoms with Gasteiger partial charge in [0.2, 0.25) is 5.91 Å². The first-order valence-corrected chi connectivity index (χ1v) is 11.3. The molecule has 3 N–H and O–H groups in total. The number of alkyl halides is 2. The van der Waals surface area contributed by atoms with Gasteiger partial charge in [-0.2, -0.15) is 0 Å². The molecule has 2 aromatic carbocycles. The highest BCUT2D eigenvalue weighted by atomic mass is 35.5. The Kier molecular flexibility index (Phi) is 5.66. The zero-order chi connectivity index (χ0) is 25.7. The van der Waals surface area contributed by atoms with E-state index in [4.69, 9.17) is 16.3 Å². The predicted molar refractivity (Wildman–Crippen MR) is 117 cm³/mol. The molecule has 6 rings (SSSR count). The van der Waals surface area contributed by atoms with Gasteiger partial charge in [-0.1, -0.05) is 11.6 Å². The summed E-state index contributed by atoms with van der Waals surface area (Å²) in [6.45, 7) is -0.443. The van der Waals surface area contributed by atoms with Crippen LogP contribution in [0.4, 0.5) is 13.2 Å². The molecule has 2 aromatic rings. The smallest absolute Gasteiger partial charge is 0.484 e. The van der Waals surface area contributed by atoms with E-state index in [9.17, 15) is 27.6 Å². The van der Waals surface area contributed by atoms with Gasteiger partial charge < -0.3 is 30.2 Å². The Morgan fingerprint density at radius 3 is 2.44 bits per heavy atom. The van der Waals surface area contributed by atoms with E-state index in [1.165, 1.54) is 24.3 Å². The summed E-state index contributed by atoms with van der Waals surface area (Å²) in [5, 5.41) is 8.14. The fourth-order valence-corrected chi connectivity index (χ4v) is 4.65. The summed E-state index contributed by atoms with van der Waals surface area (Å²) in [5.74, 6) is -2.69. The molecule has 36 heavy (non-hydrogen) atoms. The third kappa shape index (κ3) is 4.48. The van der Waals surface area contributed by atoms with Gasteiger partial charge in [-0.25, -0.2) is 4.39 Å². The van der Waals surface area contributed by atoms with Crippen molar-refractivity contribution in [1.29, 1.82) is 0 Å². The van der Waals surface area contributed by atoms with Crippen LogP contribution in [0.1, 0.15) is 36.0 Å². The number of hydrogen-bond donors (Lipinski definition) is 3. The lowest BCUT2D eigenvalue weighted by molar-refractivity contribution is -0.286. The van der Waals surface area contributed by atoms with Crippen LogP contribution in [0, 0.1) is 5.82 Å². The summed E-state index contributed by atoms with van der Waals surface area (Å²) in [7, 11) is 0. The van der Waals surface area contributed by atoms with E-state index < -0.39 is 47.6 Å². The number of ether oxygens (including phenoxy) is 3. The van der Waals surface area contributed by atoms with Crippen molar-refractivity contribution in [3.8, 4) is 17.2 Å². The molecule has 3 fully saturated rings. The summed E-state index contributed by atoms with van der Waals surface area (Å²) in [5.41, 5.74) is -2.19. The van der Waals surface area contributed by atoms with Crippen molar-refractivity contribution in [2.24, 2.45) is 0 Å². The lowest BCUT2D eigenvalue weighted by Gasteiger charge is -2.52. The van der Waals surface area contributed by atoms with Crippen molar-refractivity contribution < 1.29 is 41.8 Å². The van der Waals surface area contributed by atoms with Crippen molar-refractivity contribution >= 4 is 29.3 Å². The first-order chi connectivity index (χ1) is 17.0. The van der Waals surface area contributed by atoms with Gasteiger partial charge in [0.1, 0.15) is 22.8 Å². The normalized spacial score (nSPS) is 25.2. The molecule has 3 heterocycles. The van der Waals surface area contributed by atoms with Gasteiger partial charge in [-0.3, -0.25) is 14.4 Å². The molecule has 0 aromatic heterocycles. The maximum absolute atomic E-state index is 13.5. The molecule has 13 heteroatoms. The minimum Gasteiger partial charge on any atom is -0.484 e. The van der Waals surface area contributed by atoms with Crippen LogP contribution in [0.15, 0.2) is 36.4 Å². The fourth-order valence-electron chi connectivity index (χ4n) is 4.53. The minimum atomic E-state index is -3.80. The van der Waals surface area contributed by atoms with Gasteiger partial charge in [0, 0.05) is 11.6 Å². The van der Waals surface area contributed by atoms with E-state index in [2.05, 4.69) is 25.4 Å². The number of rotatable bonds is 6. The molecule has 3 amide bonds. The number of hydrogen-bond acceptors (Lipinski definition) is 6. The number of halogens is 4. The van der Waals surface area contributed by atoms with Gasteiger partial charge >= 0.3 is 6.29 Å². The van der Waals surface area contributed by atoms with Gasteiger partial charge in [0.25, 0.3) is 11.8 Å². The van der Waals surface area contributed by atoms with Crippen LogP contribution in [0.2, 0.25) is 5.02 Å². The van der Waals surface area contributed by atoms with Crippen molar-refractivity contribution in [1.82, 2.24) is 16.0 Å². The van der Waals surface area contributed by atoms with Crippen LogP contribution in [-0.4, -0.2) is 41.8 Å². The molecule has 4 aliphatic rings. The van der Waals surface area contributed by atoms with E-state index in [0.29, 0.717) is 12.8 Å². The molecule has 0 atom stereocenters. The topological polar surface area (TPSA) is 115 Å². The summed E-state index contributed by atoms with van der Waals surface area (Å²) in [4.78, 5) is 38.2. The Morgan fingerprint density at radius 1 is 1.03 bits per heavy atom. The van der Waals surface area contributed by atoms with E-state index >= 15 is 0 Å². The molecule has 1 aliphatic carbocycles. The molecule has 2 saturated heterocycles. The molecule has 3 aliphatic heterocycles. The minimum absolute atomic E-state index is 0.0465. The van der Waals surface area contributed by atoms with Gasteiger partial charge in [-0.15, -0.1) is 8.78 Å². The standard InChI is InChI=1S/C23H19ClF3N3O6/c24-14-3-2-13(10-15(14)25)34-11-18(31)28-21-5-7-22(8-6-21,30-20(21)33)29-19(32)12-1-4-16-17(9-12)36-23(26,27)35-16/h1-4,9-10H,5-8,11H2,(H,28,31)(H,29,32)(H,30,33). The van der Waals surface area contributed by atoms with Gasteiger partial charge in [0.15, 0.2) is 18.1 Å². The molecule has 1 saturated carbocycles. The molecular weight excluding hydrogens is 507 g/mol. The second kappa shape index (κ2) is 8.47. The molecule has 9 nitrogen and oxygen atoms in total. The van der Waals surface area contributed by atoms with Crippen LogP contribution in [0.3, 0.4) is 0 Å². The van der Waals surface area contributed by atoms with Crippen LogP contribution < -0.4 is 30.2 Å². The summed E-state index contributed by atoms with van der Waals surface area (Å²) in [6.07, 6.45) is -2.69. The Labute approximate surface area is 207 Å². The van der Waals surface area contributed by atoms with E-state index in [-0.39, 0.29) is 40.7 Å². The first-order valence-electron chi connectivity index (χ1n) is 10.9. The number of fused-ring (bicyclic) bond motifs is 4. The first kappa shape index (κ1) is 24.0. The van der Waals surface area contributed by atoms with Crippen LogP contribution in [0.25, 0.3) is 0 Å². The van der Waals surface area contributed by atoms with Crippen molar-refractivity contribution in [2.75, 3.05) is 6.61 Å². The highest BCUT2D eigenvalue weighted by molar-refractivity contribution is 6.30. The number of amides is 3. The van der Waals surface area contributed by atoms with Crippen LogP contribution in [0.5, 0.6) is 17.2 Å². The van der Waals surface area contributed by atoms with Crippen molar-refractivity contribution in [3.05, 3.63) is 52.8 Å². The molecule has 190 valence electrons. The van der Waals surface area contributed by atoms with Crippen molar-refractivity contribution in [3.63, 3.8) is 0 Å². The maximum atomic E-state index is 13.5. The molecule has 0 spiro atoms. The number of piperidine rings is 2. The zero-order valence-corrected chi connectivity index (χ0v) is 19.2. The fraction of sp³-hybridized carbons (Fsp3) is 0.348. The lowest BCUT2D eigenvalue weighted by atomic mass is 9.70. The Bertz CT molecular complexity index is 1270. The zero-order valence-electron chi connectivity index (χ0n) is 18.5. The third-order valence-electron chi connectivity index (χ3n) is 6.40. The Hall–Kier alpha value is -3.67. The summed E-state index contributed by atoms with van der Waals surface area (Å²) < 4.78 is 54.0. The van der Waals surface area contributed by atoms with E-state index in [1.807, 2.05) is 0 Å². The Balaban J connectivity index is 1.19. The second-order valence-electron chi connectivity index (χ2n) is 8.81. The van der Waals surface area contributed by atoms with Gasteiger partial charge in [0.05, 0.1) is 5.02 Å². The number of carbonyl (C=O) groups is 3. The number of carbonyl (C=O) groups excluding carboxylic acids is 3. The Morgan fingerprint density at radius 2 is 1.75 bits per heavy atom. The van der Waals surface area contributed by atoms with Crippen LogP contribution >= 0.6 is 11.6 Å². The average molecular weight is 526 g/mol. The third-order valence-corrected chi connectivity index (χ3v) is 6.71. The lowest BCUT2D eigenvalue weighted by Crippen LogP contribution is -2.76. The maximum Gasteiger partial charge on any atom is 0.586 e. The highest BCUT2D eigenvalue weighted by Gasteiger charge is 2.55. The average Bonchev–Trinajstić information content (AvgIpc) is 3.14. The van der Waals surface area contributed by atoms with Crippen LogP contribution in [-0.2, 0) is 9.59 Å². The van der Waals surface area contributed by atoms with E-state index in [0.717, 1.165) is 12.1 Å². The summed E-state index contributed by atoms with van der Waals surface area (Å²) >= 11 is 5.62. The SMILES string of the molecule is O=C(COc1ccc(Cl)c(F)c1)NC12CCC(NC(=O)c3ccc4c(c3)OC(F)(F)O4)(CC1)NC2=O. The largest absolute Gasteiger partial charge is 0.586 e. The molecule has 0 unspecified atom stereocenters. The van der Waals surface area contributed by atoms with Gasteiger partial charge in [-0.05, 0) is 56.0 Å². The molecule has 2 bridgehead atoms. The van der Waals surface area contributed by atoms with Crippen molar-refractivity contribution in [2.45, 2.75) is 43.2 Å². The predicted octanol–water partition coefficient (Wildman–Crippen LogP) is 2.86. The highest BCUT2D eigenvalue weighted by Crippen LogP contribution is 2.42. The number of benzene rings is 2. The monoisotopic (exact) mass is 525 g/mol.